The molecule has 0 amide bonds. The highest BCUT2D eigenvalue weighted by atomic mass is 35.5. The molecular weight excluding hydrogens is 273 g/mol. The molecule has 3 nitrogen and oxygen atoms in total. The lowest BCUT2D eigenvalue weighted by Gasteiger charge is -2.02. The molecule has 18 heavy (non-hydrogen) atoms. The summed E-state index contributed by atoms with van der Waals surface area (Å²) in [5.41, 5.74) is 1.02. The fourth-order valence-electron chi connectivity index (χ4n) is 1.85. The van der Waals surface area contributed by atoms with Crippen LogP contribution in [0.2, 0.25) is 10.0 Å². The molecule has 1 aliphatic rings. The molecule has 1 aromatic heterocycles. The minimum atomic E-state index is -0.128. The van der Waals surface area contributed by atoms with Crippen molar-refractivity contribution in [3.05, 3.63) is 51.3 Å². The molecule has 0 atom stereocenters. The zero-order valence-electron chi connectivity index (χ0n) is 9.32. The van der Waals surface area contributed by atoms with Gasteiger partial charge in [-0.05, 0) is 31.0 Å². The Morgan fingerprint density at radius 3 is 2.72 bits per heavy atom. The second kappa shape index (κ2) is 4.41. The molecule has 1 saturated carbocycles. The molecule has 0 aliphatic heterocycles. The number of hydrogen-bond acceptors (Lipinski definition) is 3. The third-order valence-corrected chi connectivity index (χ3v) is 3.71. The summed E-state index contributed by atoms with van der Waals surface area (Å²) in [4.78, 5) is 12.3. The maximum Gasteiger partial charge on any atom is 0.198 e. The average molecular weight is 282 g/mol. The van der Waals surface area contributed by atoms with Crippen LogP contribution < -0.4 is 0 Å². The van der Waals surface area contributed by atoms with E-state index in [1.54, 1.807) is 18.2 Å². The fourth-order valence-corrected chi connectivity index (χ4v) is 2.15. The van der Waals surface area contributed by atoms with Gasteiger partial charge in [0, 0.05) is 11.5 Å². The predicted molar refractivity (Wildman–Crippen MR) is 68.4 cm³/mol. The van der Waals surface area contributed by atoms with Gasteiger partial charge in [-0.1, -0.05) is 28.4 Å². The molecule has 0 bridgehead atoms. The maximum atomic E-state index is 12.3. The van der Waals surface area contributed by atoms with E-state index in [1.807, 2.05) is 0 Å². The van der Waals surface area contributed by atoms with E-state index in [-0.39, 0.29) is 5.78 Å². The molecule has 1 heterocycles. The van der Waals surface area contributed by atoms with Crippen LogP contribution in [0, 0.1) is 0 Å². The summed E-state index contributed by atoms with van der Waals surface area (Å²) < 4.78 is 5.16. The van der Waals surface area contributed by atoms with Crippen molar-refractivity contribution in [2.75, 3.05) is 0 Å². The normalized spacial score (nSPS) is 14.8. The van der Waals surface area contributed by atoms with E-state index >= 15 is 0 Å². The number of aromatic nitrogens is 1. The van der Waals surface area contributed by atoms with Crippen molar-refractivity contribution < 1.29 is 9.32 Å². The van der Waals surface area contributed by atoms with Crippen molar-refractivity contribution in [3.8, 4) is 0 Å². The Balaban J connectivity index is 1.98. The summed E-state index contributed by atoms with van der Waals surface area (Å²) >= 11 is 11.7. The number of carbonyl (C=O) groups is 1. The van der Waals surface area contributed by atoms with Crippen molar-refractivity contribution >= 4 is 29.0 Å². The molecular formula is C13H9Cl2NO2. The van der Waals surface area contributed by atoms with Gasteiger partial charge in [0.1, 0.15) is 0 Å². The van der Waals surface area contributed by atoms with E-state index in [1.165, 1.54) is 6.20 Å². The van der Waals surface area contributed by atoms with Crippen LogP contribution in [0.15, 0.2) is 28.9 Å². The highest BCUT2D eigenvalue weighted by Gasteiger charge is 2.32. The Bertz CT molecular complexity index is 617. The number of hydrogen-bond donors (Lipinski definition) is 0. The van der Waals surface area contributed by atoms with Crippen molar-refractivity contribution in [1.29, 1.82) is 0 Å². The lowest BCUT2D eigenvalue weighted by molar-refractivity contribution is 0.103. The molecule has 0 radical (unpaired) electrons. The number of rotatable bonds is 3. The van der Waals surface area contributed by atoms with Gasteiger partial charge in [0.15, 0.2) is 11.5 Å². The minimum absolute atomic E-state index is 0.128. The summed E-state index contributed by atoms with van der Waals surface area (Å²) in [6, 6.07) is 4.83. The van der Waals surface area contributed by atoms with Crippen molar-refractivity contribution in [1.82, 2.24) is 5.16 Å². The molecule has 1 aliphatic carbocycles. The Labute approximate surface area is 114 Å². The Hall–Kier alpha value is -1.32. The molecule has 92 valence electrons. The van der Waals surface area contributed by atoms with Gasteiger partial charge in [-0.3, -0.25) is 4.79 Å². The van der Waals surface area contributed by atoms with Crippen molar-refractivity contribution in [2.45, 2.75) is 18.8 Å². The molecule has 0 N–H and O–H groups in total. The Kier molecular flexibility index (Phi) is 2.88. The first-order chi connectivity index (χ1) is 8.66. The summed E-state index contributed by atoms with van der Waals surface area (Å²) in [6.45, 7) is 0. The van der Waals surface area contributed by atoms with E-state index in [9.17, 15) is 4.79 Å². The molecule has 2 aromatic rings. The first-order valence-corrected chi connectivity index (χ1v) is 6.36. The molecule has 0 spiro atoms. The number of halogens is 2. The van der Waals surface area contributed by atoms with E-state index in [0.29, 0.717) is 32.9 Å². The first-order valence-electron chi connectivity index (χ1n) is 5.61. The lowest BCUT2D eigenvalue weighted by atomic mass is 10.0. The summed E-state index contributed by atoms with van der Waals surface area (Å²) in [5, 5.41) is 4.51. The van der Waals surface area contributed by atoms with E-state index in [4.69, 9.17) is 27.7 Å². The van der Waals surface area contributed by atoms with Gasteiger partial charge in [0.05, 0.1) is 21.8 Å². The van der Waals surface area contributed by atoms with Gasteiger partial charge in [-0.15, -0.1) is 0 Å². The van der Waals surface area contributed by atoms with Crippen LogP contribution >= 0.6 is 23.2 Å². The SMILES string of the molecule is O=C(c1ccc(Cl)c(Cl)c1)c1cnoc1C1CC1. The highest BCUT2D eigenvalue weighted by molar-refractivity contribution is 6.42. The van der Waals surface area contributed by atoms with Gasteiger partial charge < -0.3 is 4.52 Å². The van der Waals surface area contributed by atoms with Gasteiger partial charge in [-0.25, -0.2) is 0 Å². The average Bonchev–Trinajstić information content (AvgIpc) is 3.09. The van der Waals surface area contributed by atoms with Gasteiger partial charge >= 0.3 is 0 Å². The third kappa shape index (κ3) is 2.04. The number of ketones is 1. The fraction of sp³-hybridized carbons (Fsp3) is 0.231. The van der Waals surface area contributed by atoms with E-state index in [2.05, 4.69) is 5.16 Å². The van der Waals surface area contributed by atoms with Crippen LogP contribution in [0.3, 0.4) is 0 Å². The van der Waals surface area contributed by atoms with Crippen LogP contribution in [0.25, 0.3) is 0 Å². The standard InChI is InChI=1S/C13H9Cl2NO2/c14-10-4-3-8(5-11(10)15)12(17)9-6-16-18-13(9)7-1-2-7/h3-7H,1-2H2. The smallest absolute Gasteiger partial charge is 0.198 e. The number of benzene rings is 1. The minimum Gasteiger partial charge on any atom is -0.360 e. The van der Waals surface area contributed by atoms with Crippen LogP contribution in [0.5, 0.6) is 0 Å². The van der Waals surface area contributed by atoms with Crippen LogP contribution in [-0.2, 0) is 0 Å². The number of carbonyl (C=O) groups excluding carboxylic acids is 1. The van der Waals surface area contributed by atoms with Gasteiger partial charge in [0.25, 0.3) is 0 Å². The lowest BCUT2D eigenvalue weighted by Crippen LogP contribution is -2.02. The summed E-state index contributed by atoms with van der Waals surface area (Å²) in [7, 11) is 0. The molecule has 1 fully saturated rings. The van der Waals surface area contributed by atoms with Crippen LogP contribution in [0.1, 0.15) is 40.4 Å². The van der Waals surface area contributed by atoms with Gasteiger partial charge in [0.2, 0.25) is 0 Å². The topological polar surface area (TPSA) is 43.1 Å². The quantitative estimate of drug-likeness (QED) is 0.796. The monoisotopic (exact) mass is 281 g/mol. The molecule has 0 saturated heterocycles. The highest BCUT2D eigenvalue weighted by Crippen LogP contribution is 2.42. The summed E-state index contributed by atoms with van der Waals surface area (Å²) in [6.07, 6.45) is 3.58. The van der Waals surface area contributed by atoms with E-state index in [0.717, 1.165) is 12.8 Å². The second-order valence-corrected chi connectivity index (χ2v) is 5.15. The van der Waals surface area contributed by atoms with Crippen molar-refractivity contribution in [3.63, 3.8) is 0 Å². The largest absolute Gasteiger partial charge is 0.360 e. The second-order valence-electron chi connectivity index (χ2n) is 4.34. The molecule has 0 unspecified atom stereocenters. The van der Waals surface area contributed by atoms with Crippen LogP contribution in [-0.4, -0.2) is 10.9 Å². The Morgan fingerprint density at radius 1 is 1.28 bits per heavy atom. The first kappa shape index (κ1) is 11.8. The zero-order valence-corrected chi connectivity index (χ0v) is 10.8. The Morgan fingerprint density at radius 2 is 2.06 bits per heavy atom. The molecule has 5 heteroatoms. The van der Waals surface area contributed by atoms with Gasteiger partial charge in [-0.2, -0.15) is 0 Å². The molecule has 3 rings (SSSR count). The van der Waals surface area contributed by atoms with Crippen LogP contribution in [0.4, 0.5) is 0 Å². The molecule has 1 aromatic carbocycles. The van der Waals surface area contributed by atoms with Crippen molar-refractivity contribution in [2.24, 2.45) is 0 Å². The maximum absolute atomic E-state index is 12.3. The number of nitrogens with zero attached hydrogens (tertiary/aromatic N) is 1. The van der Waals surface area contributed by atoms with E-state index < -0.39 is 0 Å². The predicted octanol–water partition coefficient (Wildman–Crippen LogP) is 4.09. The zero-order chi connectivity index (χ0) is 12.7. The third-order valence-electron chi connectivity index (χ3n) is 2.97. The summed E-state index contributed by atoms with van der Waals surface area (Å²) in [5.74, 6) is 0.900.